The number of hydrogen-bond donors (Lipinski definition) is 1. The standard InChI is InChI=1S/C6H10NO/c1-6(5-7)3-2-4-8/h6,8H,1-4H2. The molecule has 0 amide bonds. The molecule has 2 nitrogen and oxygen atoms in total. The second-order valence-electron chi connectivity index (χ2n) is 1.69. The minimum Gasteiger partial charge on any atom is -0.396 e. The van der Waals surface area contributed by atoms with Gasteiger partial charge in [-0.2, -0.15) is 5.26 Å². The van der Waals surface area contributed by atoms with E-state index < -0.39 is 0 Å². The number of hydrogen-bond acceptors (Lipinski definition) is 2. The smallest absolute Gasteiger partial charge is 0.0655 e. The van der Waals surface area contributed by atoms with Crippen LogP contribution in [0.1, 0.15) is 12.8 Å². The molecule has 2 heteroatoms. The van der Waals surface area contributed by atoms with Gasteiger partial charge in [0.1, 0.15) is 0 Å². The fourth-order valence-corrected chi connectivity index (χ4v) is 0.402. The molecule has 0 aromatic carbocycles. The minimum atomic E-state index is -0.151. The van der Waals surface area contributed by atoms with E-state index in [1.165, 1.54) is 0 Å². The van der Waals surface area contributed by atoms with E-state index in [2.05, 4.69) is 6.92 Å². The zero-order valence-corrected chi connectivity index (χ0v) is 4.80. The molecule has 0 fully saturated rings. The molecule has 0 saturated heterocycles. The normalized spacial score (nSPS) is 12.6. The predicted molar refractivity (Wildman–Crippen MR) is 30.8 cm³/mol. The summed E-state index contributed by atoms with van der Waals surface area (Å²) in [7, 11) is 0. The van der Waals surface area contributed by atoms with Crippen LogP contribution in [0.25, 0.3) is 0 Å². The lowest BCUT2D eigenvalue weighted by Crippen LogP contribution is -1.91. The minimum absolute atomic E-state index is 0.151. The molecule has 0 bridgehead atoms. The molecule has 0 spiro atoms. The number of aliphatic hydroxyl groups excluding tert-OH is 1. The molecule has 0 saturated carbocycles. The van der Waals surface area contributed by atoms with Crippen molar-refractivity contribution in [1.29, 1.82) is 5.26 Å². The van der Waals surface area contributed by atoms with Gasteiger partial charge in [-0.1, -0.05) is 0 Å². The van der Waals surface area contributed by atoms with Crippen LogP contribution in [0.3, 0.4) is 0 Å². The van der Waals surface area contributed by atoms with E-state index in [1.807, 2.05) is 6.07 Å². The molecule has 0 aromatic heterocycles. The van der Waals surface area contributed by atoms with Crippen molar-refractivity contribution in [2.75, 3.05) is 6.61 Å². The molecular formula is C6H10NO. The lowest BCUT2D eigenvalue weighted by molar-refractivity contribution is 0.281. The summed E-state index contributed by atoms with van der Waals surface area (Å²) in [5, 5.41) is 16.4. The third-order valence-electron chi connectivity index (χ3n) is 0.893. The Morgan fingerprint density at radius 2 is 2.38 bits per heavy atom. The van der Waals surface area contributed by atoms with E-state index in [1.54, 1.807) is 0 Å². The van der Waals surface area contributed by atoms with Gasteiger partial charge in [0.2, 0.25) is 0 Å². The maximum atomic E-state index is 8.27. The SMILES string of the molecule is [CH2]C(C#N)CCCO. The van der Waals surface area contributed by atoms with Crippen LogP contribution in [-0.2, 0) is 0 Å². The van der Waals surface area contributed by atoms with E-state index in [-0.39, 0.29) is 12.5 Å². The maximum absolute atomic E-state index is 8.27. The third-order valence-corrected chi connectivity index (χ3v) is 0.893. The molecule has 0 aliphatic carbocycles. The Kier molecular flexibility index (Phi) is 4.29. The first-order chi connectivity index (χ1) is 3.81. The molecule has 1 unspecified atom stereocenters. The summed E-state index contributed by atoms with van der Waals surface area (Å²) in [6, 6.07) is 1.98. The second kappa shape index (κ2) is 4.61. The largest absolute Gasteiger partial charge is 0.396 e. The van der Waals surface area contributed by atoms with Gasteiger partial charge in [0.15, 0.2) is 0 Å². The summed E-state index contributed by atoms with van der Waals surface area (Å²) in [6.07, 6.45) is 1.38. The maximum Gasteiger partial charge on any atom is 0.0655 e. The van der Waals surface area contributed by atoms with Crippen molar-refractivity contribution in [2.45, 2.75) is 12.8 Å². The van der Waals surface area contributed by atoms with Crippen LogP contribution in [0.15, 0.2) is 0 Å². The van der Waals surface area contributed by atoms with Crippen molar-refractivity contribution in [3.63, 3.8) is 0 Å². The third kappa shape index (κ3) is 3.63. The van der Waals surface area contributed by atoms with Crippen molar-refractivity contribution in [2.24, 2.45) is 5.92 Å². The highest BCUT2D eigenvalue weighted by Gasteiger charge is 1.95. The topological polar surface area (TPSA) is 44.0 Å². The van der Waals surface area contributed by atoms with Gasteiger partial charge < -0.3 is 5.11 Å². The van der Waals surface area contributed by atoms with Crippen LogP contribution >= 0.6 is 0 Å². The average molecular weight is 112 g/mol. The predicted octanol–water partition coefficient (Wildman–Crippen LogP) is 0.733. The molecule has 0 aliphatic heterocycles. The van der Waals surface area contributed by atoms with Crippen LogP contribution in [0.5, 0.6) is 0 Å². The summed E-state index contributed by atoms with van der Waals surface area (Å²) in [6.45, 7) is 3.68. The van der Waals surface area contributed by atoms with Crippen LogP contribution in [0, 0.1) is 24.2 Å². The summed E-state index contributed by atoms with van der Waals surface area (Å²) in [4.78, 5) is 0. The Hall–Kier alpha value is -0.550. The van der Waals surface area contributed by atoms with Gasteiger partial charge in [0.25, 0.3) is 0 Å². The van der Waals surface area contributed by atoms with Crippen LogP contribution < -0.4 is 0 Å². The van der Waals surface area contributed by atoms with E-state index >= 15 is 0 Å². The zero-order valence-electron chi connectivity index (χ0n) is 4.80. The summed E-state index contributed by atoms with van der Waals surface area (Å²) < 4.78 is 0. The highest BCUT2D eigenvalue weighted by atomic mass is 16.2. The average Bonchev–Trinajstić information content (AvgIpc) is 1.83. The van der Waals surface area contributed by atoms with Gasteiger partial charge in [-0.25, -0.2) is 0 Å². The monoisotopic (exact) mass is 112 g/mol. The number of aliphatic hydroxyl groups is 1. The molecular weight excluding hydrogens is 102 g/mol. The first kappa shape index (κ1) is 7.45. The highest BCUT2D eigenvalue weighted by Crippen LogP contribution is 2.00. The van der Waals surface area contributed by atoms with E-state index in [9.17, 15) is 0 Å². The second-order valence-corrected chi connectivity index (χ2v) is 1.69. The van der Waals surface area contributed by atoms with Crippen molar-refractivity contribution in [3.05, 3.63) is 6.92 Å². The van der Waals surface area contributed by atoms with Crippen molar-refractivity contribution in [1.82, 2.24) is 0 Å². The lowest BCUT2D eigenvalue weighted by Gasteiger charge is -1.95. The summed E-state index contributed by atoms with van der Waals surface area (Å²) in [5.74, 6) is -0.151. The van der Waals surface area contributed by atoms with Crippen LogP contribution in [0.2, 0.25) is 0 Å². The molecule has 8 heavy (non-hydrogen) atoms. The van der Waals surface area contributed by atoms with Crippen molar-refractivity contribution in [3.8, 4) is 6.07 Å². The highest BCUT2D eigenvalue weighted by molar-refractivity contribution is 4.83. The Morgan fingerprint density at radius 1 is 1.75 bits per heavy atom. The number of rotatable bonds is 3. The fraction of sp³-hybridized carbons (Fsp3) is 0.667. The van der Waals surface area contributed by atoms with Gasteiger partial charge in [-0.05, 0) is 19.8 Å². The molecule has 1 atom stereocenters. The quantitative estimate of drug-likeness (QED) is 0.585. The molecule has 0 heterocycles. The molecule has 0 aliphatic rings. The first-order valence-electron chi connectivity index (χ1n) is 2.65. The van der Waals surface area contributed by atoms with E-state index in [0.717, 1.165) is 0 Å². The fourth-order valence-electron chi connectivity index (χ4n) is 0.402. The van der Waals surface area contributed by atoms with Crippen molar-refractivity contribution < 1.29 is 5.11 Å². The first-order valence-corrected chi connectivity index (χ1v) is 2.65. The van der Waals surface area contributed by atoms with E-state index in [0.29, 0.717) is 12.8 Å². The Morgan fingerprint density at radius 3 is 2.75 bits per heavy atom. The number of nitrogens with zero attached hydrogens (tertiary/aromatic N) is 1. The summed E-state index contributed by atoms with van der Waals surface area (Å²) in [5.41, 5.74) is 0. The number of nitriles is 1. The molecule has 1 N–H and O–H groups in total. The Bertz CT molecular complexity index is 85.0. The molecule has 45 valence electrons. The summed E-state index contributed by atoms with van der Waals surface area (Å²) >= 11 is 0. The van der Waals surface area contributed by atoms with Crippen LogP contribution in [0.4, 0.5) is 0 Å². The van der Waals surface area contributed by atoms with Crippen molar-refractivity contribution >= 4 is 0 Å². The van der Waals surface area contributed by atoms with Crippen LogP contribution in [-0.4, -0.2) is 11.7 Å². The van der Waals surface area contributed by atoms with Gasteiger partial charge in [0.05, 0.1) is 6.07 Å². The molecule has 1 radical (unpaired) electrons. The van der Waals surface area contributed by atoms with Gasteiger partial charge in [0, 0.05) is 12.5 Å². The Labute approximate surface area is 49.8 Å². The van der Waals surface area contributed by atoms with Gasteiger partial charge >= 0.3 is 0 Å². The van der Waals surface area contributed by atoms with E-state index in [4.69, 9.17) is 10.4 Å². The van der Waals surface area contributed by atoms with Gasteiger partial charge in [-0.15, -0.1) is 0 Å². The Balaban J connectivity index is 3.02. The van der Waals surface area contributed by atoms with Gasteiger partial charge in [-0.3, -0.25) is 0 Å². The molecule has 0 rings (SSSR count). The lowest BCUT2D eigenvalue weighted by atomic mass is 10.1. The zero-order chi connectivity index (χ0) is 6.41. The molecule has 0 aromatic rings.